The summed E-state index contributed by atoms with van der Waals surface area (Å²) in [6, 6.07) is -1.05. The van der Waals surface area contributed by atoms with Crippen LogP contribution < -0.4 is 0 Å². The molecule has 3 atom stereocenters. The smallest absolute Gasteiger partial charge is 0.327 e. The summed E-state index contributed by atoms with van der Waals surface area (Å²) in [5, 5.41) is 18.4. The molecule has 2 N–H and O–H groups in total. The largest absolute Gasteiger partial charge is 0.480 e. The molecule has 0 saturated carbocycles. The van der Waals surface area contributed by atoms with E-state index in [-0.39, 0.29) is 17.3 Å². The van der Waals surface area contributed by atoms with Crippen LogP contribution in [0.1, 0.15) is 27.2 Å². The number of thioether (sulfide) groups is 1. The molecule has 6 nitrogen and oxygen atoms in total. The van der Waals surface area contributed by atoms with Crippen LogP contribution in [-0.4, -0.2) is 68.9 Å². The number of urea groups is 1. The van der Waals surface area contributed by atoms with E-state index in [1.54, 1.807) is 14.0 Å². The quantitative estimate of drug-likeness (QED) is 0.800. The topological polar surface area (TPSA) is 81.1 Å². The van der Waals surface area contributed by atoms with Crippen LogP contribution >= 0.6 is 11.8 Å². The van der Waals surface area contributed by atoms with E-state index in [9.17, 15) is 19.8 Å². The van der Waals surface area contributed by atoms with Gasteiger partial charge < -0.3 is 15.1 Å². The molecule has 0 bridgehead atoms. The lowest BCUT2D eigenvalue weighted by Crippen LogP contribution is -2.52. The van der Waals surface area contributed by atoms with Gasteiger partial charge >= 0.3 is 12.0 Å². The Labute approximate surface area is 124 Å². The third-order valence-electron chi connectivity index (χ3n) is 3.32. The molecule has 116 valence electrons. The first-order valence-corrected chi connectivity index (χ1v) is 7.86. The predicted molar refractivity (Wildman–Crippen MR) is 78.7 cm³/mol. The second kappa shape index (κ2) is 7.17. The van der Waals surface area contributed by atoms with Crippen molar-refractivity contribution in [1.82, 2.24) is 9.80 Å². The molecule has 1 rings (SSSR count). The number of carbonyl (C=O) groups excluding carboxylic acids is 1. The van der Waals surface area contributed by atoms with Gasteiger partial charge in [0.05, 0.1) is 11.5 Å². The molecule has 20 heavy (non-hydrogen) atoms. The molecule has 1 aliphatic rings. The highest BCUT2D eigenvalue weighted by molar-refractivity contribution is 8.00. The molecule has 1 aliphatic heterocycles. The van der Waals surface area contributed by atoms with Crippen molar-refractivity contribution in [3.05, 3.63) is 0 Å². The van der Waals surface area contributed by atoms with E-state index < -0.39 is 18.1 Å². The van der Waals surface area contributed by atoms with Gasteiger partial charge in [-0.2, -0.15) is 0 Å². The Bertz CT molecular complexity index is 362. The van der Waals surface area contributed by atoms with Crippen molar-refractivity contribution in [3.63, 3.8) is 0 Å². The molecule has 1 fully saturated rings. The predicted octanol–water partition coefficient (Wildman–Crippen LogP) is 1.29. The molecule has 0 spiro atoms. The Hall–Kier alpha value is -0.950. The maximum Gasteiger partial charge on any atom is 0.327 e. The van der Waals surface area contributed by atoms with E-state index in [0.717, 1.165) is 0 Å². The summed E-state index contributed by atoms with van der Waals surface area (Å²) in [6.45, 7) is 6.05. The van der Waals surface area contributed by atoms with Gasteiger partial charge in [0.25, 0.3) is 0 Å². The standard InChI is InChI=1S/C13H24N2O4S/c1-8(2)11-15(10(7-20-11)12(17)18)13(19)14(4)6-5-9(3)16/h8-11,16H,5-7H2,1-4H3,(H,17,18). The highest BCUT2D eigenvalue weighted by atomic mass is 32.2. The molecule has 1 saturated heterocycles. The lowest BCUT2D eigenvalue weighted by molar-refractivity contribution is -0.141. The molecule has 0 aromatic heterocycles. The molecule has 0 aromatic rings. The molecule has 2 amide bonds. The fourth-order valence-electron chi connectivity index (χ4n) is 2.15. The van der Waals surface area contributed by atoms with Crippen molar-refractivity contribution >= 4 is 23.8 Å². The van der Waals surface area contributed by atoms with Gasteiger partial charge in [-0.3, -0.25) is 4.90 Å². The van der Waals surface area contributed by atoms with Gasteiger partial charge in [0.15, 0.2) is 0 Å². The first-order chi connectivity index (χ1) is 9.25. The van der Waals surface area contributed by atoms with Crippen LogP contribution in [0.3, 0.4) is 0 Å². The summed E-state index contributed by atoms with van der Waals surface area (Å²) in [4.78, 5) is 26.8. The van der Waals surface area contributed by atoms with E-state index in [1.165, 1.54) is 21.6 Å². The van der Waals surface area contributed by atoms with Crippen molar-refractivity contribution in [2.45, 2.75) is 44.7 Å². The molecule has 3 unspecified atom stereocenters. The normalized spacial score (nSPS) is 24.0. The molecule has 7 heteroatoms. The zero-order valence-corrected chi connectivity index (χ0v) is 13.3. The monoisotopic (exact) mass is 304 g/mol. The molecular formula is C13H24N2O4S. The van der Waals surface area contributed by atoms with Crippen LogP contribution in [0.5, 0.6) is 0 Å². The van der Waals surface area contributed by atoms with Crippen molar-refractivity contribution in [3.8, 4) is 0 Å². The zero-order valence-electron chi connectivity index (χ0n) is 12.4. The van der Waals surface area contributed by atoms with Gasteiger partial charge in [0.2, 0.25) is 0 Å². The third-order valence-corrected chi connectivity index (χ3v) is 4.94. The van der Waals surface area contributed by atoms with Crippen molar-refractivity contribution < 1.29 is 19.8 Å². The second-order valence-electron chi connectivity index (χ2n) is 5.57. The SMILES string of the molecule is CC(O)CCN(C)C(=O)N1C(C(=O)O)CSC1C(C)C. The molecule has 0 aromatic carbocycles. The maximum absolute atomic E-state index is 12.5. The van der Waals surface area contributed by atoms with E-state index in [1.807, 2.05) is 13.8 Å². The number of carboxylic acids is 1. The van der Waals surface area contributed by atoms with Gasteiger partial charge in [0, 0.05) is 19.3 Å². The summed E-state index contributed by atoms with van der Waals surface area (Å²) in [6.07, 6.45) is 0.00203. The Morgan fingerprint density at radius 2 is 2.00 bits per heavy atom. The van der Waals surface area contributed by atoms with Crippen LogP contribution in [0.25, 0.3) is 0 Å². The number of aliphatic hydroxyl groups excluding tert-OH is 1. The summed E-state index contributed by atoms with van der Waals surface area (Å²) < 4.78 is 0. The van der Waals surface area contributed by atoms with E-state index >= 15 is 0 Å². The van der Waals surface area contributed by atoms with Crippen molar-refractivity contribution in [2.24, 2.45) is 5.92 Å². The Morgan fingerprint density at radius 3 is 2.45 bits per heavy atom. The summed E-state index contributed by atoms with van der Waals surface area (Å²) in [5.41, 5.74) is 0. The highest BCUT2D eigenvalue weighted by Crippen LogP contribution is 2.34. The molecule has 0 radical (unpaired) electrons. The highest BCUT2D eigenvalue weighted by Gasteiger charge is 2.43. The minimum absolute atomic E-state index is 0.113. The van der Waals surface area contributed by atoms with Crippen molar-refractivity contribution in [2.75, 3.05) is 19.3 Å². The Kier molecular flexibility index (Phi) is 6.13. The number of hydrogen-bond donors (Lipinski definition) is 2. The van der Waals surface area contributed by atoms with Crippen molar-refractivity contribution in [1.29, 1.82) is 0 Å². The number of aliphatic hydroxyl groups is 1. The fraction of sp³-hybridized carbons (Fsp3) is 0.846. The lowest BCUT2D eigenvalue weighted by Gasteiger charge is -2.33. The molecular weight excluding hydrogens is 280 g/mol. The minimum atomic E-state index is -0.960. The Balaban J connectivity index is 2.80. The van der Waals surface area contributed by atoms with Gasteiger partial charge in [-0.25, -0.2) is 9.59 Å². The van der Waals surface area contributed by atoms with Crippen LogP contribution in [0, 0.1) is 5.92 Å². The average molecular weight is 304 g/mol. The van der Waals surface area contributed by atoms with Crippen LogP contribution in [-0.2, 0) is 4.79 Å². The fourth-order valence-corrected chi connectivity index (χ4v) is 3.61. The Morgan fingerprint density at radius 1 is 1.40 bits per heavy atom. The number of hydrogen-bond acceptors (Lipinski definition) is 4. The van der Waals surface area contributed by atoms with Gasteiger partial charge in [-0.1, -0.05) is 13.8 Å². The minimum Gasteiger partial charge on any atom is -0.480 e. The van der Waals surface area contributed by atoms with Crippen LogP contribution in [0.2, 0.25) is 0 Å². The second-order valence-corrected chi connectivity index (χ2v) is 6.72. The number of carbonyl (C=O) groups is 2. The average Bonchev–Trinajstić information content (AvgIpc) is 2.79. The summed E-state index contributed by atoms with van der Waals surface area (Å²) in [7, 11) is 1.64. The first-order valence-electron chi connectivity index (χ1n) is 6.81. The van der Waals surface area contributed by atoms with E-state index in [2.05, 4.69) is 0 Å². The third kappa shape index (κ3) is 4.02. The number of amides is 2. The number of carboxylic acid groups (broad SMARTS) is 1. The lowest BCUT2D eigenvalue weighted by atomic mass is 10.1. The summed E-state index contributed by atoms with van der Waals surface area (Å²) >= 11 is 1.51. The van der Waals surface area contributed by atoms with Gasteiger partial charge in [-0.15, -0.1) is 11.8 Å². The first kappa shape index (κ1) is 17.1. The van der Waals surface area contributed by atoms with Gasteiger partial charge in [-0.05, 0) is 19.3 Å². The maximum atomic E-state index is 12.5. The van der Waals surface area contributed by atoms with Crippen LogP contribution in [0.4, 0.5) is 4.79 Å². The van der Waals surface area contributed by atoms with E-state index in [4.69, 9.17) is 0 Å². The zero-order chi connectivity index (χ0) is 15.4. The number of aliphatic carboxylic acids is 1. The number of rotatable bonds is 5. The van der Waals surface area contributed by atoms with E-state index in [0.29, 0.717) is 18.7 Å². The molecule has 0 aliphatic carbocycles. The summed E-state index contributed by atoms with van der Waals surface area (Å²) in [5.74, 6) is -0.342. The van der Waals surface area contributed by atoms with Crippen LogP contribution in [0.15, 0.2) is 0 Å². The number of nitrogens with zero attached hydrogens (tertiary/aromatic N) is 2. The molecule has 1 heterocycles. The van der Waals surface area contributed by atoms with Gasteiger partial charge in [0.1, 0.15) is 6.04 Å².